The van der Waals surface area contributed by atoms with Gasteiger partial charge in [-0.1, -0.05) is 6.92 Å². The van der Waals surface area contributed by atoms with Crippen molar-refractivity contribution in [2.24, 2.45) is 0 Å². The molecule has 0 saturated carbocycles. The summed E-state index contributed by atoms with van der Waals surface area (Å²) in [5.74, 6) is -1.30. The molecule has 1 aliphatic heterocycles. The highest BCUT2D eigenvalue weighted by atomic mass is 16.5. The highest BCUT2D eigenvalue weighted by Gasteiger charge is 2.46. The molecule has 0 spiro atoms. The lowest BCUT2D eigenvalue weighted by atomic mass is 9.97. The first-order chi connectivity index (χ1) is 12.0. The number of aliphatic hydroxyl groups is 2. The average molecular weight is 352 g/mol. The van der Waals surface area contributed by atoms with Crippen LogP contribution in [0.5, 0.6) is 5.75 Å². The summed E-state index contributed by atoms with van der Waals surface area (Å²) in [5, 5.41) is 32.3. The van der Waals surface area contributed by atoms with Gasteiger partial charge in [0, 0.05) is 13.0 Å². The Morgan fingerprint density at radius 3 is 2.56 bits per heavy atom. The third-order valence-corrected chi connectivity index (χ3v) is 4.49. The van der Waals surface area contributed by atoms with Crippen LogP contribution < -0.4 is 15.0 Å². The number of carboxylic acid groups (broad SMARTS) is 1. The molecule has 0 bridgehead atoms. The molecule has 8 heteroatoms. The smallest absolute Gasteiger partial charge is 0.341 e. The largest absolute Gasteiger partial charge is 0.496 e. The van der Waals surface area contributed by atoms with E-state index in [9.17, 15) is 24.9 Å². The predicted octanol–water partition coefficient (Wildman–Crippen LogP) is 1.07. The molecule has 0 atom stereocenters. The molecule has 138 valence electrons. The van der Waals surface area contributed by atoms with Crippen molar-refractivity contribution in [1.82, 2.24) is 0 Å². The van der Waals surface area contributed by atoms with E-state index in [1.165, 1.54) is 18.1 Å². The van der Waals surface area contributed by atoms with Crippen LogP contribution in [0.4, 0.5) is 11.4 Å². The van der Waals surface area contributed by atoms with Gasteiger partial charge in [0.1, 0.15) is 11.3 Å². The zero-order valence-corrected chi connectivity index (χ0v) is 14.4. The predicted molar refractivity (Wildman–Crippen MR) is 92.4 cm³/mol. The third-order valence-electron chi connectivity index (χ3n) is 4.49. The van der Waals surface area contributed by atoms with E-state index in [0.29, 0.717) is 18.7 Å². The minimum Gasteiger partial charge on any atom is -0.496 e. The molecule has 1 aliphatic rings. The van der Waals surface area contributed by atoms with Crippen molar-refractivity contribution in [3.05, 3.63) is 17.7 Å². The standard InChI is InChI=1S/C17H24N2O6/c1-3-8-18-15-11(4-5-12(25-2)14(15)16(23)24)19-13(22)6-7-17(19,9-20)10-21/h4-5,18,20-21H,3,6-10H2,1-2H3,(H,23,24). The van der Waals surface area contributed by atoms with E-state index >= 15 is 0 Å². The number of carboxylic acids is 1. The van der Waals surface area contributed by atoms with E-state index in [0.717, 1.165) is 6.42 Å². The Balaban J connectivity index is 2.69. The van der Waals surface area contributed by atoms with Gasteiger partial charge < -0.3 is 25.4 Å². The second-order valence-electron chi connectivity index (χ2n) is 6.04. The van der Waals surface area contributed by atoms with Gasteiger partial charge in [0.2, 0.25) is 5.91 Å². The minimum atomic E-state index is -1.19. The zero-order valence-electron chi connectivity index (χ0n) is 14.4. The molecule has 1 saturated heterocycles. The second-order valence-corrected chi connectivity index (χ2v) is 6.04. The van der Waals surface area contributed by atoms with Gasteiger partial charge in [-0.3, -0.25) is 9.69 Å². The summed E-state index contributed by atoms with van der Waals surface area (Å²) in [4.78, 5) is 25.6. The molecule has 0 unspecified atom stereocenters. The van der Waals surface area contributed by atoms with Gasteiger partial charge in [0.05, 0.1) is 37.2 Å². The van der Waals surface area contributed by atoms with Crippen LogP contribution in [0.2, 0.25) is 0 Å². The molecule has 2 rings (SSSR count). The number of aliphatic hydroxyl groups excluding tert-OH is 2. The number of methoxy groups -OCH3 is 1. The number of carbonyl (C=O) groups is 2. The molecule has 1 aromatic carbocycles. The summed E-state index contributed by atoms with van der Waals surface area (Å²) in [7, 11) is 1.37. The lowest BCUT2D eigenvalue weighted by Gasteiger charge is -2.37. The SMILES string of the molecule is CCCNc1c(N2C(=O)CCC2(CO)CO)ccc(OC)c1C(=O)O. The van der Waals surface area contributed by atoms with Gasteiger partial charge in [-0.05, 0) is 25.0 Å². The molecule has 4 N–H and O–H groups in total. The number of hydrogen-bond acceptors (Lipinski definition) is 6. The van der Waals surface area contributed by atoms with Gasteiger partial charge in [-0.2, -0.15) is 0 Å². The Bertz CT molecular complexity index is 657. The first-order valence-electron chi connectivity index (χ1n) is 8.18. The highest BCUT2D eigenvalue weighted by molar-refractivity contribution is 6.06. The number of ether oxygens (including phenoxy) is 1. The van der Waals surface area contributed by atoms with E-state index < -0.39 is 24.7 Å². The summed E-state index contributed by atoms with van der Waals surface area (Å²) < 4.78 is 5.15. The van der Waals surface area contributed by atoms with Crippen molar-refractivity contribution in [2.45, 2.75) is 31.7 Å². The van der Waals surface area contributed by atoms with Crippen LogP contribution in [-0.4, -0.2) is 59.6 Å². The normalized spacial score (nSPS) is 16.2. The lowest BCUT2D eigenvalue weighted by Crippen LogP contribution is -2.52. The van der Waals surface area contributed by atoms with Crippen LogP contribution in [0.25, 0.3) is 0 Å². The van der Waals surface area contributed by atoms with Crippen LogP contribution in [0, 0.1) is 0 Å². The molecule has 1 amide bonds. The number of nitrogens with zero attached hydrogens (tertiary/aromatic N) is 1. The van der Waals surface area contributed by atoms with Crippen LogP contribution in [0.15, 0.2) is 12.1 Å². The maximum absolute atomic E-state index is 12.5. The molecule has 0 aromatic heterocycles. The van der Waals surface area contributed by atoms with Gasteiger partial charge in [0.15, 0.2) is 0 Å². The fraction of sp³-hybridized carbons (Fsp3) is 0.529. The van der Waals surface area contributed by atoms with Gasteiger partial charge in [0.25, 0.3) is 0 Å². The molecule has 1 heterocycles. The summed E-state index contributed by atoms with van der Waals surface area (Å²) in [5.41, 5.74) is -0.671. The molecule has 25 heavy (non-hydrogen) atoms. The van der Waals surface area contributed by atoms with Gasteiger partial charge in [-0.25, -0.2) is 4.79 Å². The number of hydrogen-bond donors (Lipinski definition) is 4. The topological polar surface area (TPSA) is 119 Å². The Hall–Kier alpha value is -2.32. The summed E-state index contributed by atoms with van der Waals surface area (Å²) in [6.07, 6.45) is 1.21. The number of benzene rings is 1. The number of anilines is 2. The zero-order chi connectivity index (χ0) is 18.6. The molecule has 0 aliphatic carbocycles. The van der Waals surface area contributed by atoms with Crippen LogP contribution >= 0.6 is 0 Å². The molecule has 8 nitrogen and oxygen atoms in total. The van der Waals surface area contributed by atoms with E-state index in [4.69, 9.17) is 4.74 Å². The van der Waals surface area contributed by atoms with E-state index in [2.05, 4.69) is 5.32 Å². The fourth-order valence-corrected chi connectivity index (χ4v) is 3.14. The first kappa shape index (κ1) is 19.0. The van der Waals surface area contributed by atoms with Crippen molar-refractivity contribution in [3.63, 3.8) is 0 Å². The number of amides is 1. The second kappa shape index (κ2) is 7.71. The summed E-state index contributed by atoms with van der Waals surface area (Å²) in [6, 6.07) is 3.05. The lowest BCUT2D eigenvalue weighted by molar-refractivity contribution is -0.117. The Morgan fingerprint density at radius 1 is 1.36 bits per heavy atom. The van der Waals surface area contributed by atoms with E-state index in [-0.39, 0.29) is 29.3 Å². The van der Waals surface area contributed by atoms with E-state index in [1.807, 2.05) is 6.92 Å². The highest BCUT2D eigenvalue weighted by Crippen LogP contribution is 2.42. The number of carbonyl (C=O) groups excluding carboxylic acids is 1. The maximum Gasteiger partial charge on any atom is 0.341 e. The van der Waals surface area contributed by atoms with Crippen molar-refractivity contribution >= 4 is 23.3 Å². The molecule has 1 aromatic rings. The van der Waals surface area contributed by atoms with Gasteiger partial charge in [-0.15, -0.1) is 0 Å². The van der Waals surface area contributed by atoms with Crippen molar-refractivity contribution in [3.8, 4) is 5.75 Å². The fourth-order valence-electron chi connectivity index (χ4n) is 3.14. The minimum absolute atomic E-state index is 0.0853. The van der Waals surface area contributed by atoms with Gasteiger partial charge >= 0.3 is 5.97 Å². The summed E-state index contributed by atoms with van der Waals surface area (Å²) in [6.45, 7) is 1.58. The number of aromatic carboxylic acids is 1. The van der Waals surface area contributed by atoms with Crippen molar-refractivity contribution < 1.29 is 29.6 Å². The monoisotopic (exact) mass is 352 g/mol. The molecule has 0 radical (unpaired) electrons. The molecular weight excluding hydrogens is 328 g/mol. The first-order valence-corrected chi connectivity index (χ1v) is 8.18. The van der Waals surface area contributed by atoms with Crippen LogP contribution in [0.3, 0.4) is 0 Å². The Kier molecular flexibility index (Phi) is 5.86. The average Bonchev–Trinajstić information content (AvgIpc) is 2.95. The Morgan fingerprint density at radius 2 is 2.04 bits per heavy atom. The molecular formula is C17H24N2O6. The summed E-state index contributed by atoms with van der Waals surface area (Å²) >= 11 is 0. The Labute approximate surface area is 146 Å². The molecule has 1 fully saturated rings. The maximum atomic E-state index is 12.5. The van der Waals surface area contributed by atoms with E-state index in [1.54, 1.807) is 6.07 Å². The quantitative estimate of drug-likeness (QED) is 0.552. The van der Waals surface area contributed by atoms with Crippen LogP contribution in [0.1, 0.15) is 36.5 Å². The number of rotatable bonds is 8. The number of nitrogens with one attached hydrogen (secondary N) is 1. The van der Waals surface area contributed by atoms with Crippen molar-refractivity contribution in [1.29, 1.82) is 0 Å². The van der Waals surface area contributed by atoms with Crippen molar-refractivity contribution in [2.75, 3.05) is 37.1 Å². The third kappa shape index (κ3) is 3.27. The van der Waals surface area contributed by atoms with Crippen LogP contribution in [-0.2, 0) is 4.79 Å².